The summed E-state index contributed by atoms with van der Waals surface area (Å²) in [7, 11) is 3.13. The minimum absolute atomic E-state index is 0.0252. The molecule has 4 N–H and O–H groups in total. The number of rotatable bonds is 5. The fourth-order valence-corrected chi connectivity index (χ4v) is 1.63. The lowest BCUT2D eigenvalue weighted by atomic mass is 10.2. The van der Waals surface area contributed by atoms with E-state index in [2.05, 4.69) is 20.5 Å². The number of hydrogen-bond donors (Lipinski definition) is 3. The van der Waals surface area contributed by atoms with Crippen LogP contribution in [0.5, 0.6) is 11.5 Å². The van der Waals surface area contributed by atoms with Crippen molar-refractivity contribution in [2.75, 3.05) is 20.0 Å². The monoisotopic (exact) mass is 277 g/mol. The van der Waals surface area contributed by atoms with Crippen molar-refractivity contribution in [2.45, 2.75) is 6.54 Å². The van der Waals surface area contributed by atoms with E-state index in [9.17, 15) is 4.79 Å². The Morgan fingerprint density at radius 2 is 2.20 bits per heavy atom. The van der Waals surface area contributed by atoms with Crippen molar-refractivity contribution in [1.82, 2.24) is 20.5 Å². The zero-order valence-electron chi connectivity index (χ0n) is 11.1. The molecule has 0 saturated carbocycles. The van der Waals surface area contributed by atoms with Crippen LogP contribution in [0.15, 0.2) is 18.2 Å². The number of amides is 1. The molecule has 0 atom stereocenters. The second-order valence-corrected chi connectivity index (χ2v) is 3.90. The number of benzene rings is 1. The molecule has 1 aromatic carbocycles. The lowest BCUT2D eigenvalue weighted by molar-refractivity contribution is 0.0940. The molecule has 0 aliphatic rings. The van der Waals surface area contributed by atoms with Gasteiger partial charge < -0.3 is 20.5 Å². The van der Waals surface area contributed by atoms with Gasteiger partial charge in [0.15, 0.2) is 0 Å². The number of nitrogens with one attached hydrogen (secondary N) is 2. The van der Waals surface area contributed by atoms with Crippen molar-refractivity contribution in [3.8, 4) is 11.5 Å². The van der Waals surface area contributed by atoms with Gasteiger partial charge in [0.05, 0.1) is 14.2 Å². The first-order valence-electron chi connectivity index (χ1n) is 5.81. The Morgan fingerprint density at radius 1 is 1.40 bits per heavy atom. The van der Waals surface area contributed by atoms with E-state index >= 15 is 0 Å². The van der Waals surface area contributed by atoms with E-state index in [1.54, 1.807) is 26.4 Å². The quantitative estimate of drug-likeness (QED) is 0.725. The lowest BCUT2D eigenvalue weighted by Gasteiger charge is -2.10. The topological polar surface area (TPSA) is 115 Å². The number of aromatic nitrogens is 3. The fourth-order valence-electron chi connectivity index (χ4n) is 1.63. The third kappa shape index (κ3) is 2.97. The molecule has 106 valence electrons. The van der Waals surface area contributed by atoms with Crippen LogP contribution < -0.4 is 20.5 Å². The highest BCUT2D eigenvalue weighted by atomic mass is 16.5. The predicted molar refractivity (Wildman–Crippen MR) is 71.5 cm³/mol. The number of nitrogen functional groups attached to an aromatic ring is 1. The number of carbonyl (C=O) groups is 1. The minimum Gasteiger partial charge on any atom is -0.497 e. The largest absolute Gasteiger partial charge is 0.497 e. The summed E-state index contributed by atoms with van der Waals surface area (Å²) >= 11 is 0. The van der Waals surface area contributed by atoms with Crippen LogP contribution in [0.25, 0.3) is 0 Å². The lowest BCUT2D eigenvalue weighted by Crippen LogP contribution is -2.24. The maximum Gasteiger partial charge on any atom is 0.288 e. The average molecular weight is 277 g/mol. The van der Waals surface area contributed by atoms with E-state index in [1.807, 2.05) is 6.07 Å². The predicted octanol–water partition coefficient (Wildman–Crippen LogP) is 0.334. The van der Waals surface area contributed by atoms with E-state index in [-0.39, 0.29) is 18.3 Å². The van der Waals surface area contributed by atoms with E-state index in [0.717, 1.165) is 5.56 Å². The Kier molecular flexibility index (Phi) is 4.04. The summed E-state index contributed by atoms with van der Waals surface area (Å²) in [5.74, 6) is 1.00. The Bertz CT molecular complexity index is 611. The van der Waals surface area contributed by atoms with E-state index in [4.69, 9.17) is 15.2 Å². The zero-order valence-corrected chi connectivity index (χ0v) is 11.1. The summed E-state index contributed by atoms with van der Waals surface area (Å²) in [6, 6.07) is 5.34. The van der Waals surface area contributed by atoms with Crippen LogP contribution in [0.2, 0.25) is 0 Å². The average Bonchev–Trinajstić information content (AvgIpc) is 2.91. The summed E-state index contributed by atoms with van der Waals surface area (Å²) in [4.78, 5) is 15.5. The standard InChI is InChI=1S/C12H15N5O3/c1-19-8-4-3-7(9(5-8)20-2)6-14-11(18)10-15-12(13)17-16-10/h3-5H,6H2,1-2H3,(H,14,18)(H3,13,15,16,17). The van der Waals surface area contributed by atoms with Crippen LogP contribution in [-0.4, -0.2) is 35.3 Å². The Labute approximate surface area is 115 Å². The third-order valence-electron chi connectivity index (χ3n) is 2.65. The molecule has 0 aliphatic heterocycles. The van der Waals surface area contributed by atoms with Gasteiger partial charge >= 0.3 is 0 Å². The molecular formula is C12H15N5O3. The van der Waals surface area contributed by atoms with Crippen LogP contribution in [0.1, 0.15) is 16.2 Å². The normalized spacial score (nSPS) is 10.1. The van der Waals surface area contributed by atoms with Gasteiger partial charge in [0.2, 0.25) is 11.8 Å². The van der Waals surface area contributed by atoms with Gasteiger partial charge in [-0.15, -0.1) is 5.10 Å². The van der Waals surface area contributed by atoms with Crippen molar-refractivity contribution < 1.29 is 14.3 Å². The molecule has 1 heterocycles. The summed E-state index contributed by atoms with van der Waals surface area (Å²) in [5.41, 5.74) is 6.15. The maximum atomic E-state index is 11.8. The van der Waals surface area contributed by atoms with Gasteiger partial charge in [0.1, 0.15) is 11.5 Å². The first kappa shape index (κ1) is 13.7. The number of nitrogens with zero attached hydrogens (tertiary/aromatic N) is 2. The highest BCUT2D eigenvalue weighted by Gasteiger charge is 2.12. The first-order valence-corrected chi connectivity index (χ1v) is 5.81. The number of methoxy groups -OCH3 is 2. The number of nitrogens with two attached hydrogens (primary N) is 1. The Balaban J connectivity index is 2.05. The van der Waals surface area contributed by atoms with Crippen molar-refractivity contribution in [3.05, 3.63) is 29.6 Å². The molecule has 0 radical (unpaired) electrons. The van der Waals surface area contributed by atoms with Crippen molar-refractivity contribution in [2.24, 2.45) is 0 Å². The molecular weight excluding hydrogens is 262 g/mol. The number of hydrogen-bond acceptors (Lipinski definition) is 6. The van der Waals surface area contributed by atoms with Gasteiger partial charge in [-0.1, -0.05) is 0 Å². The molecule has 0 spiro atoms. The van der Waals surface area contributed by atoms with Gasteiger partial charge in [-0.05, 0) is 12.1 Å². The molecule has 1 amide bonds. The molecule has 8 nitrogen and oxygen atoms in total. The molecule has 20 heavy (non-hydrogen) atoms. The molecule has 0 bridgehead atoms. The zero-order chi connectivity index (χ0) is 14.5. The molecule has 1 aromatic heterocycles. The fraction of sp³-hybridized carbons (Fsp3) is 0.250. The summed E-state index contributed by atoms with van der Waals surface area (Å²) < 4.78 is 10.3. The van der Waals surface area contributed by atoms with E-state index in [1.165, 1.54) is 0 Å². The van der Waals surface area contributed by atoms with E-state index < -0.39 is 5.91 Å². The molecule has 2 rings (SSSR count). The number of aromatic amines is 1. The van der Waals surface area contributed by atoms with Crippen LogP contribution in [-0.2, 0) is 6.54 Å². The summed E-state index contributed by atoms with van der Waals surface area (Å²) in [6.07, 6.45) is 0. The number of H-pyrrole nitrogens is 1. The minimum atomic E-state index is -0.396. The number of anilines is 1. The van der Waals surface area contributed by atoms with Crippen LogP contribution in [0.3, 0.4) is 0 Å². The smallest absolute Gasteiger partial charge is 0.288 e. The molecule has 0 aliphatic carbocycles. The molecule has 0 saturated heterocycles. The van der Waals surface area contributed by atoms with Crippen LogP contribution in [0.4, 0.5) is 5.95 Å². The second-order valence-electron chi connectivity index (χ2n) is 3.90. The van der Waals surface area contributed by atoms with E-state index in [0.29, 0.717) is 11.5 Å². The molecule has 0 fully saturated rings. The SMILES string of the molecule is COc1ccc(CNC(=O)c2nc(N)n[nH]2)c(OC)c1. The van der Waals surface area contributed by atoms with Gasteiger partial charge in [0, 0.05) is 18.2 Å². The summed E-state index contributed by atoms with van der Waals surface area (Å²) in [6.45, 7) is 0.284. The number of carbonyl (C=O) groups excluding carboxylic acids is 1. The van der Waals surface area contributed by atoms with Gasteiger partial charge in [0.25, 0.3) is 5.91 Å². The van der Waals surface area contributed by atoms with Crippen LogP contribution in [0, 0.1) is 0 Å². The Morgan fingerprint density at radius 3 is 2.80 bits per heavy atom. The summed E-state index contributed by atoms with van der Waals surface area (Å²) in [5, 5.41) is 8.72. The molecule has 2 aromatic rings. The van der Waals surface area contributed by atoms with Crippen molar-refractivity contribution in [3.63, 3.8) is 0 Å². The van der Waals surface area contributed by atoms with Gasteiger partial charge in [-0.25, -0.2) is 0 Å². The molecule has 8 heteroatoms. The van der Waals surface area contributed by atoms with Crippen LogP contribution >= 0.6 is 0 Å². The first-order chi connectivity index (χ1) is 9.63. The highest BCUT2D eigenvalue weighted by Crippen LogP contribution is 2.24. The highest BCUT2D eigenvalue weighted by molar-refractivity contribution is 5.90. The van der Waals surface area contributed by atoms with Crippen molar-refractivity contribution in [1.29, 1.82) is 0 Å². The van der Waals surface area contributed by atoms with Gasteiger partial charge in [-0.2, -0.15) is 4.98 Å². The van der Waals surface area contributed by atoms with Crippen molar-refractivity contribution >= 4 is 11.9 Å². The Hall–Kier alpha value is -2.77. The maximum absolute atomic E-state index is 11.8. The van der Waals surface area contributed by atoms with Gasteiger partial charge in [-0.3, -0.25) is 9.89 Å². The second kappa shape index (κ2) is 5.91. The molecule has 0 unspecified atom stereocenters. The third-order valence-corrected chi connectivity index (χ3v) is 2.65. The number of ether oxygens (including phenoxy) is 2.